The smallest absolute Gasteiger partial charge is 0.222 e. The fraction of sp³-hybridized carbons (Fsp3) is 0.658. The molecule has 0 bridgehead atoms. The molecule has 0 saturated heterocycles. The van der Waals surface area contributed by atoms with Gasteiger partial charge in [-0.05, 0) is 122 Å². The van der Waals surface area contributed by atoms with Crippen molar-refractivity contribution in [2.24, 2.45) is 46.3 Å². The second kappa shape index (κ2) is 12.1. The molecule has 0 aromatic heterocycles. The summed E-state index contributed by atoms with van der Waals surface area (Å²) in [7, 11) is 3.75. The van der Waals surface area contributed by atoms with Gasteiger partial charge in [-0.3, -0.25) is 4.79 Å². The molecule has 240 valence electrons. The van der Waals surface area contributed by atoms with E-state index < -0.39 is 0 Å². The molecule has 0 radical (unpaired) electrons. The number of rotatable bonds is 8. The zero-order valence-electron chi connectivity index (χ0n) is 27.6. The molecule has 0 spiro atoms. The summed E-state index contributed by atoms with van der Waals surface area (Å²) in [4.78, 5) is 14.2. The lowest BCUT2D eigenvalue weighted by atomic mass is 9.43. The van der Waals surface area contributed by atoms with Crippen molar-refractivity contribution in [2.75, 3.05) is 25.6 Å². The van der Waals surface area contributed by atoms with Gasteiger partial charge < -0.3 is 25.8 Å². The van der Waals surface area contributed by atoms with Crippen molar-refractivity contribution in [3.05, 3.63) is 48.5 Å². The molecule has 3 unspecified atom stereocenters. The zero-order chi connectivity index (χ0) is 31.2. The van der Waals surface area contributed by atoms with E-state index in [-0.39, 0.29) is 23.5 Å². The number of hydrogen-bond acceptors (Lipinski definition) is 5. The van der Waals surface area contributed by atoms with Gasteiger partial charge in [-0.25, -0.2) is 0 Å². The highest BCUT2D eigenvalue weighted by Crippen LogP contribution is 2.68. The maximum absolute atomic E-state index is 12.4. The standard InChI is InChI=1S/C38H55N3O3/c1-24(12-15-36(42)41(4)5)31-13-14-32-30-23-35(44-28-11-7-9-26(40)21-28)34-22-29(43-27-10-6-8-25(39)20-27)16-18-38(34,3)33(30)17-19-37(31,32)2/h6-11,20-21,24,29-35H,12-19,22-23,39-40H2,1-5H3/t24-,29?,30+,31-,32+,33+,34?,35?,37-,38-/m1/s1. The number of nitrogens with zero attached hydrogens (tertiary/aromatic N) is 1. The summed E-state index contributed by atoms with van der Waals surface area (Å²) in [5.41, 5.74) is 14.3. The third kappa shape index (κ3) is 5.78. The molecule has 4 N–H and O–H groups in total. The van der Waals surface area contributed by atoms with E-state index in [9.17, 15) is 4.79 Å². The molecular weight excluding hydrogens is 546 g/mol. The average Bonchev–Trinajstić information content (AvgIpc) is 3.34. The Labute approximate surface area is 265 Å². The van der Waals surface area contributed by atoms with E-state index in [0.717, 1.165) is 48.6 Å². The number of anilines is 2. The number of carbonyl (C=O) groups excluding carboxylic acids is 1. The molecule has 6 rings (SSSR count). The number of hydrogen-bond donors (Lipinski definition) is 2. The van der Waals surface area contributed by atoms with Gasteiger partial charge in [-0.15, -0.1) is 0 Å². The summed E-state index contributed by atoms with van der Waals surface area (Å²) >= 11 is 0. The van der Waals surface area contributed by atoms with Crippen LogP contribution >= 0.6 is 0 Å². The van der Waals surface area contributed by atoms with Crippen LogP contribution in [0.1, 0.15) is 85.0 Å². The summed E-state index contributed by atoms with van der Waals surface area (Å²) in [6.45, 7) is 7.61. The third-order valence-electron chi connectivity index (χ3n) is 13.0. The minimum Gasteiger partial charge on any atom is -0.490 e. The van der Waals surface area contributed by atoms with Crippen molar-refractivity contribution in [3.8, 4) is 11.5 Å². The molecule has 4 saturated carbocycles. The maximum Gasteiger partial charge on any atom is 0.222 e. The lowest BCUT2D eigenvalue weighted by Crippen LogP contribution is -2.59. The van der Waals surface area contributed by atoms with Gasteiger partial charge in [0, 0.05) is 49.9 Å². The van der Waals surface area contributed by atoms with Crippen molar-refractivity contribution in [3.63, 3.8) is 0 Å². The number of ether oxygens (including phenoxy) is 2. The van der Waals surface area contributed by atoms with Crippen LogP contribution in [-0.4, -0.2) is 37.1 Å². The van der Waals surface area contributed by atoms with E-state index in [4.69, 9.17) is 20.9 Å². The molecule has 10 atom stereocenters. The van der Waals surface area contributed by atoms with Crippen molar-refractivity contribution in [2.45, 2.75) is 97.2 Å². The van der Waals surface area contributed by atoms with Crippen LogP contribution in [0.25, 0.3) is 0 Å². The van der Waals surface area contributed by atoms with Gasteiger partial charge >= 0.3 is 0 Å². The number of benzene rings is 2. The summed E-state index contributed by atoms with van der Waals surface area (Å²) in [5.74, 6) is 5.76. The van der Waals surface area contributed by atoms with E-state index in [1.165, 1.54) is 32.1 Å². The van der Waals surface area contributed by atoms with Gasteiger partial charge in [-0.2, -0.15) is 0 Å². The predicted octanol–water partition coefficient (Wildman–Crippen LogP) is 7.82. The first-order valence-corrected chi connectivity index (χ1v) is 17.2. The van der Waals surface area contributed by atoms with Gasteiger partial charge in [0.05, 0.1) is 6.10 Å². The lowest BCUT2D eigenvalue weighted by Gasteiger charge is -2.63. The maximum atomic E-state index is 12.4. The highest BCUT2D eigenvalue weighted by atomic mass is 16.5. The Hall–Kier alpha value is -2.89. The number of carbonyl (C=O) groups is 1. The highest BCUT2D eigenvalue weighted by molar-refractivity contribution is 5.75. The molecule has 4 fully saturated rings. The van der Waals surface area contributed by atoms with Gasteiger partial charge in [-0.1, -0.05) is 32.9 Å². The molecule has 4 aliphatic rings. The molecule has 0 aliphatic heterocycles. The van der Waals surface area contributed by atoms with Gasteiger partial charge in [0.25, 0.3) is 0 Å². The normalized spacial score (nSPS) is 36.8. The third-order valence-corrected chi connectivity index (χ3v) is 13.0. The van der Waals surface area contributed by atoms with Crippen LogP contribution in [0.4, 0.5) is 11.4 Å². The van der Waals surface area contributed by atoms with Crippen LogP contribution in [0.2, 0.25) is 0 Å². The number of nitrogen functional groups attached to an aromatic ring is 2. The Balaban J connectivity index is 1.25. The van der Waals surface area contributed by atoms with E-state index in [1.807, 2.05) is 56.6 Å². The Kier molecular flexibility index (Phi) is 8.58. The fourth-order valence-electron chi connectivity index (χ4n) is 10.8. The molecule has 0 heterocycles. The molecule has 44 heavy (non-hydrogen) atoms. The van der Waals surface area contributed by atoms with Crippen molar-refractivity contribution in [1.29, 1.82) is 0 Å². The Bertz CT molecular complexity index is 1330. The fourth-order valence-corrected chi connectivity index (χ4v) is 10.8. The summed E-state index contributed by atoms with van der Waals surface area (Å²) in [6, 6.07) is 15.8. The number of amides is 1. The molecule has 2 aromatic rings. The molecule has 4 aliphatic carbocycles. The Morgan fingerprint density at radius 3 is 2.16 bits per heavy atom. The molecule has 6 heteroatoms. The molecule has 1 amide bonds. The second-order valence-corrected chi connectivity index (χ2v) is 15.6. The Morgan fingerprint density at radius 2 is 1.50 bits per heavy atom. The number of fused-ring (bicyclic) bond motifs is 5. The molecular formula is C38H55N3O3. The minimum atomic E-state index is 0.131. The van der Waals surface area contributed by atoms with Crippen LogP contribution < -0.4 is 20.9 Å². The van der Waals surface area contributed by atoms with Crippen LogP contribution in [0, 0.1) is 46.3 Å². The van der Waals surface area contributed by atoms with Crippen molar-refractivity contribution in [1.82, 2.24) is 4.90 Å². The largest absolute Gasteiger partial charge is 0.490 e. The SMILES string of the molecule is C[C@H](CCC(=O)N(C)C)[C@H]1CC[C@H]2[C@@H]3CC(Oc4cccc(N)c4)C4CC(Oc5cccc(N)c5)CC[C@]4(C)[C@H]3CC[C@]12C. The van der Waals surface area contributed by atoms with E-state index in [1.54, 1.807) is 4.90 Å². The van der Waals surface area contributed by atoms with Gasteiger partial charge in [0.2, 0.25) is 5.91 Å². The first kappa shape index (κ1) is 31.1. The van der Waals surface area contributed by atoms with Crippen LogP contribution in [0.5, 0.6) is 11.5 Å². The molecule has 2 aromatic carbocycles. The highest BCUT2D eigenvalue weighted by Gasteiger charge is 2.63. The Morgan fingerprint density at radius 1 is 0.864 bits per heavy atom. The topological polar surface area (TPSA) is 90.8 Å². The molecule has 6 nitrogen and oxygen atoms in total. The van der Waals surface area contributed by atoms with E-state index in [2.05, 4.69) is 26.8 Å². The second-order valence-electron chi connectivity index (χ2n) is 15.6. The lowest BCUT2D eigenvalue weighted by molar-refractivity contribution is -0.164. The average molecular weight is 602 g/mol. The number of nitrogens with two attached hydrogens (primary N) is 2. The summed E-state index contributed by atoms with van der Waals surface area (Å²) in [5, 5.41) is 0. The van der Waals surface area contributed by atoms with E-state index in [0.29, 0.717) is 47.3 Å². The predicted molar refractivity (Wildman–Crippen MR) is 178 cm³/mol. The van der Waals surface area contributed by atoms with Crippen molar-refractivity contribution < 1.29 is 14.3 Å². The monoisotopic (exact) mass is 601 g/mol. The first-order chi connectivity index (χ1) is 21.0. The minimum absolute atomic E-state index is 0.131. The van der Waals surface area contributed by atoms with Gasteiger partial charge in [0.1, 0.15) is 17.6 Å². The summed E-state index contributed by atoms with van der Waals surface area (Å²) < 4.78 is 13.6. The van der Waals surface area contributed by atoms with Crippen LogP contribution in [0.3, 0.4) is 0 Å². The van der Waals surface area contributed by atoms with E-state index >= 15 is 0 Å². The van der Waals surface area contributed by atoms with Crippen LogP contribution in [0.15, 0.2) is 48.5 Å². The summed E-state index contributed by atoms with van der Waals surface area (Å²) in [6.07, 6.45) is 11.5. The van der Waals surface area contributed by atoms with Crippen LogP contribution in [-0.2, 0) is 4.79 Å². The zero-order valence-corrected chi connectivity index (χ0v) is 27.6. The quantitative estimate of drug-likeness (QED) is 0.301. The van der Waals surface area contributed by atoms with Gasteiger partial charge in [0.15, 0.2) is 0 Å². The van der Waals surface area contributed by atoms with Crippen molar-refractivity contribution >= 4 is 17.3 Å². The first-order valence-electron chi connectivity index (χ1n) is 17.2.